The van der Waals surface area contributed by atoms with Crippen molar-refractivity contribution in [3.8, 4) is 0 Å². The summed E-state index contributed by atoms with van der Waals surface area (Å²) in [4.78, 5) is 34.8. The van der Waals surface area contributed by atoms with Gasteiger partial charge in [-0.25, -0.2) is 0 Å². The molecule has 0 saturated carbocycles. The molecule has 468 valence electrons. The van der Waals surface area contributed by atoms with Gasteiger partial charge in [-0.1, -0.05) is 97.1 Å². The van der Waals surface area contributed by atoms with Gasteiger partial charge in [0.15, 0.2) is 0 Å². The van der Waals surface area contributed by atoms with Gasteiger partial charge in [0.05, 0.1) is 123 Å². The van der Waals surface area contributed by atoms with Crippen molar-refractivity contribution in [3.63, 3.8) is 0 Å². The zero-order valence-corrected chi connectivity index (χ0v) is 51.0. The molecule has 0 fully saturated rings. The zero-order valence-electron chi connectivity index (χ0n) is 46.0. The molecule has 12 rings (SSSR count). The van der Waals surface area contributed by atoms with Crippen LogP contribution in [0.2, 0.25) is 0 Å². The summed E-state index contributed by atoms with van der Waals surface area (Å²) in [5.41, 5.74) is 7.82. The van der Waals surface area contributed by atoms with Crippen LogP contribution in [0.25, 0.3) is 87.2 Å². The van der Waals surface area contributed by atoms with Gasteiger partial charge in [0, 0.05) is 92.7 Å². The Bertz CT molecular complexity index is 2900. The fourth-order valence-electron chi connectivity index (χ4n) is 6.72. The predicted molar refractivity (Wildman–Crippen MR) is 313 cm³/mol. The van der Waals surface area contributed by atoms with Gasteiger partial charge in [-0.3, -0.25) is 39.9 Å². The van der Waals surface area contributed by atoms with Crippen LogP contribution < -0.4 is 49.6 Å². The third-order valence-corrected chi connectivity index (χ3v) is 9.98. The summed E-state index contributed by atoms with van der Waals surface area (Å²) < 4.78 is 0. The van der Waals surface area contributed by atoms with E-state index in [0.29, 0.717) is 0 Å². The summed E-state index contributed by atoms with van der Waals surface area (Å²) >= 11 is 0. The average molecular weight is 1350 g/mol. The first-order valence-corrected chi connectivity index (χ1v) is 24.9. The quantitative estimate of drug-likeness (QED) is 0.0544. The minimum atomic E-state index is -0.125. The largest absolute Gasteiger partial charge is 2.00 e. The van der Waals surface area contributed by atoms with Crippen LogP contribution in [0.4, 0.5) is 0 Å². The van der Waals surface area contributed by atoms with Gasteiger partial charge < -0.3 is 111 Å². The Morgan fingerprint density at radius 3 is 0.349 bits per heavy atom. The van der Waals surface area contributed by atoms with Crippen molar-refractivity contribution in [2.24, 2.45) is 0 Å². The molecule has 8 aromatic heterocycles. The molecule has 8 heterocycles. The second kappa shape index (κ2) is 54.2. The number of pyridine rings is 8. The molecule has 0 amide bonds. The van der Waals surface area contributed by atoms with Crippen LogP contribution in [-0.2, 0) is 33.0 Å². The summed E-state index contributed by atoms with van der Waals surface area (Å²) in [6.07, 6.45) is 14.4. The molecule has 4 aromatic carbocycles. The van der Waals surface area contributed by atoms with Gasteiger partial charge in [0.2, 0.25) is 0 Å². The van der Waals surface area contributed by atoms with Crippen LogP contribution in [-0.4, -0.2) is 180 Å². The van der Waals surface area contributed by atoms with Crippen LogP contribution in [0.1, 0.15) is 0 Å². The molecule has 12 N–H and O–H groups in total. The molecule has 0 bridgehead atoms. The van der Waals surface area contributed by atoms with Crippen molar-refractivity contribution >= 4 is 87.2 Å². The predicted octanol–water partition coefficient (Wildman–Crippen LogP) is -7.03. The number of hydrogen-bond acceptors (Lipinski definition) is 20. The first kappa shape index (κ1) is 86.3. The molecule has 86 heavy (non-hydrogen) atoms. The maximum absolute atomic E-state index is 7.62. The van der Waals surface area contributed by atoms with Crippen molar-refractivity contribution < 1.29 is 144 Å². The van der Waals surface area contributed by atoms with Gasteiger partial charge in [-0.2, -0.15) is 0 Å². The summed E-state index contributed by atoms with van der Waals surface area (Å²) in [6, 6.07) is 48.6. The Morgan fingerprint density at radius 2 is 0.267 bits per heavy atom. The molecular weight excluding hydrogens is 1280 g/mol. The minimum Gasteiger partial charge on any atom is -1.00 e. The van der Waals surface area contributed by atoms with Crippen molar-refractivity contribution in [1.29, 1.82) is 0 Å². The number of aliphatic hydroxyl groups is 12. The maximum atomic E-state index is 7.62. The van der Waals surface area contributed by atoms with Crippen molar-refractivity contribution in [3.05, 3.63) is 195 Å². The number of benzene rings is 4. The molecule has 0 aliphatic heterocycles. The fraction of sp³-hybridized carbons (Fsp3) is 0.200. The van der Waals surface area contributed by atoms with E-state index in [1.165, 1.54) is 0 Å². The third kappa shape index (κ3) is 30.0. The first-order chi connectivity index (χ1) is 39.3. The number of aromatic nitrogens is 8. The van der Waals surface area contributed by atoms with E-state index in [-0.39, 0.29) is 162 Å². The van der Waals surface area contributed by atoms with E-state index in [9.17, 15) is 0 Å². The molecule has 0 atom stereocenters. The monoisotopic (exact) mass is 1350 g/mol. The van der Waals surface area contributed by atoms with Crippen molar-refractivity contribution in [2.75, 3.05) is 79.3 Å². The second-order valence-electron chi connectivity index (χ2n) is 15.5. The van der Waals surface area contributed by atoms with E-state index in [0.717, 1.165) is 87.2 Å². The molecular formula is C60H68Cl4N8Ni2O12. The molecule has 20 nitrogen and oxygen atoms in total. The van der Waals surface area contributed by atoms with Crippen LogP contribution >= 0.6 is 0 Å². The second-order valence-corrected chi connectivity index (χ2v) is 15.5. The molecule has 0 spiro atoms. The summed E-state index contributed by atoms with van der Waals surface area (Å²) in [6.45, 7) is -1.50. The van der Waals surface area contributed by atoms with E-state index >= 15 is 0 Å². The normalized spacial score (nSPS) is 9.16. The fourth-order valence-corrected chi connectivity index (χ4v) is 6.72. The van der Waals surface area contributed by atoms with Gasteiger partial charge >= 0.3 is 33.0 Å². The number of aliphatic hydroxyl groups excluding tert-OH is 12. The van der Waals surface area contributed by atoms with Gasteiger partial charge in [0.25, 0.3) is 0 Å². The number of rotatable bonds is 6. The number of fused-ring (bicyclic) bond motifs is 12. The number of nitrogens with zero attached hydrogens (tertiary/aromatic N) is 8. The van der Waals surface area contributed by atoms with Crippen LogP contribution in [0.3, 0.4) is 0 Å². The average Bonchev–Trinajstić information content (AvgIpc) is 3.67. The third-order valence-electron chi connectivity index (χ3n) is 9.98. The van der Waals surface area contributed by atoms with E-state index in [2.05, 4.69) is 137 Å². The Labute approximate surface area is 541 Å². The smallest absolute Gasteiger partial charge is 1.00 e. The van der Waals surface area contributed by atoms with Crippen LogP contribution in [0.15, 0.2) is 195 Å². The summed E-state index contributed by atoms with van der Waals surface area (Å²) in [7, 11) is 0. The Balaban J connectivity index is -0.000000454. The zero-order chi connectivity index (χ0) is 58.0. The first-order valence-electron chi connectivity index (χ1n) is 24.9. The molecule has 0 aliphatic rings. The number of halogens is 4. The van der Waals surface area contributed by atoms with Crippen LogP contribution in [0.5, 0.6) is 0 Å². The Morgan fingerprint density at radius 1 is 0.174 bits per heavy atom. The molecule has 26 heteroatoms. The standard InChI is InChI=1S/4C12H8N2.6C2H6O2.4ClH.2Ni/c4*1-3-9-5-6-10-4-2-8-14-12(10)11(9)13-7-1;6*3-1-2-4;;;;;;/h4*1-8H;6*3-4H,1-2H2;4*1H;;/q;;;;;;;;;;;;;;2*+2/p-4. The molecule has 0 saturated heterocycles. The van der Waals surface area contributed by atoms with Gasteiger partial charge in [-0.15, -0.1) is 0 Å². The molecule has 0 radical (unpaired) electrons. The maximum Gasteiger partial charge on any atom is 2.00 e. The van der Waals surface area contributed by atoms with Gasteiger partial charge in [0.1, 0.15) is 0 Å². The molecule has 12 aromatic rings. The molecule has 0 unspecified atom stereocenters. The van der Waals surface area contributed by atoms with Crippen molar-refractivity contribution in [2.45, 2.75) is 0 Å². The Kier molecular flexibility index (Phi) is 54.4. The van der Waals surface area contributed by atoms with Crippen LogP contribution in [0, 0.1) is 0 Å². The molecule has 0 aliphatic carbocycles. The van der Waals surface area contributed by atoms with E-state index in [1.54, 1.807) is 49.6 Å². The van der Waals surface area contributed by atoms with E-state index < -0.39 is 0 Å². The topological polar surface area (TPSA) is 346 Å². The van der Waals surface area contributed by atoms with Crippen molar-refractivity contribution in [1.82, 2.24) is 39.9 Å². The summed E-state index contributed by atoms with van der Waals surface area (Å²) in [5.74, 6) is 0. The Hall–Kier alpha value is -6.17. The number of hydrogen-bond donors (Lipinski definition) is 12. The SMILES string of the molecule is OCCO.OCCO.OCCO.OCCO.OCCO.OCCO.[Cl-].[Cl-].[Cl-].[Cl-].[Ni+2].[Ni+2].c1cnc2c(c1)ccc1cccnc12.c1cnc2c(c1)ccc1cccnc12.c1cnc2c(c1)ccc1cccnc12.c1cnc2c(c1)ccc1cccnc12. The van der Waals surface area contributed by atoms with Gasteiger partial charge in [-0.05, 0) is 48.5 Å². The van der Waals surface area contributed by atoms with E-state index in [1.807, 2.05) is 48.5 Å². The summed E-state index contributed by atoms with van der Waals surface area (Å²) in [5, 5.41) is 101. The van der Waals surface area contributed by atoms with E-state index in [4.69, 9.17) is 61.3 Å². The minimum absolute atomic E-state index is 0.